The summed E-state index contributed by atoms with van der Waals surface area (Å²) in [6, 6.07) is -0.0394. The van der Waals surface area contributed by atoms with Gasteiger partial charge in [-0.1, -0.05) is 26.7 Å². The fourth-order valence-electron chi connectivity index (χ4n) is 4.21. The minimum atomic E-state index is -0.0394. The maximum Gasteiger partial charge on any atom is 0.237 e. The van der Waals surface area contributed by atoms with Crippen molar-refractivity contribution in [3.63, 3.8) is 0 Å². The van der Waals surface area contributed by atoms with Crippen molar-refractivity contribution in [2.24, 2.45) is 11.8 Å². The Labute approximate surface area is 158 Å². The highest BCUT2D eigenvalue weighted by Gasteiger charge is 2.37. The van der Waals surface area contributed by atoms with Crippen LogP contribution in [0.15, 0.2) is 0 Å². The Morgan fingerprint density at radius 1 is 1.12 bits per heavy atom. The average molecular weight is 368 g/mol. The molecule has 6 nitrogen and oxygen atoms in total. The van der Waals surface area contributed by atoms with Gasteiger partial charge in [0.25, 0.3) is 0 Å². The lowest BCUT2D eigenvalue weighted by molar-refractivity contribution is -0.136. The van der Waals surface area contributed by atoms with Crippen molar-refractivity contribution in [3.05, 3.63) is 0 Å². The molecular formula is C20H37N3O3. The summed E-state index contributed by atoms with van der Waals surface area (Å²) in [7, 11) is 1.68. The lowest BCUT2D eigenvalue weighted by Crippen LogP contribution is -2.58. The van der Waals surface area contributed by atoms with Crippen LogP contribution < -0.4 is 5.32 Å². The molecule has 1 heterocycles. The number of nitrogens with zero attached hydrogens (tertiary/aromatic N) is 2. The van der Waals surface area contributed by atoms with Crippen LogP contribution in [0.4, 0.5) is 0 Å². The Kier molecular flexibility index (Phi) is 8.85. The molecule has 2 aliphatic rings. The van der Waals surface area contributed by atoms with Gasteiger partial charge in [0, 0.05) is 52.9 Å². The number of rotatable bonds is 9. The highest BCUT2D eigenvalue weighted by Crippen LogP contribution is 2.31. The van der Waals surface area contributed by atoms with Crippen molar-refractivity contribution in [3.8, 4) is 0 Å². The molecule has 1 saturated heterocycles. The molecule has 6 heteroatoms. The van der Waals surface area contributed by atoms with Crippen LogP contribution in [0.1, 0.15) is 52.4 Å². The molecule has 0 bridgehead atoms. The van der Waals surface area contributed by atoms with Gasteiger partial charge in [-0.05, 0) is 31.1 Å². The lowest BCUT2D eigenvalue weighted by Gasteiger charge is -2.41. The maximum atomic E-state index is 12.9. The van der Waals surface area contributed by atoms with Gasteiger partial charge < -0.3 is 15.0 Å². The van der Waals surface area contributed by atoms with E-state index in [0.717, 1.165) is 45.4 Å². The molecule has 1 atom stereocenters. The quantitative estimate of drug-likeness (QED) is 0.632. The largest absolute Gasteiger partial charge is 0.385 e. The summed E-state index contributed by atoms with van der Waals surface area (Å²) >= 11 is 0. The van der Waals surface area contributed by atoms with Crippen LogP contribution in [0.2, 0.25) is 0 Å². The van der Waals surface area contributed by atoms with E-state index in [4.69, 9.17) is 4.74 Å². The fraction of sp³-hybridized carbons (Fsp3) is 0.900. The predicted octanol–water partition coefficient (Wildman–Crippen LogP) is 1.89. The fourth-order valence-corrected chi connectivity index (χ4v) is 4.21. The molecule has 0 aromatic carbocycles. The SMILES string of the molecule is COCCCNC(=O)[C@@H](C1CCCC1)N1CCN(C(=O)CC(C)C)CC1. The van der Waals surface area contributed by atoms with Crippen LogP contribution in [0.5, 0.6) is 0 Å². The Morgan fingerprint density at radius 3 is 2.35 bits per heavy atom. The number of methoxy groups -OCH3 is 1. The molecule has 2 rings (SSSR count). The van der Waals surface area contributed by atoms with E-state index < -0.39 is 0 Å². The first-order chi connectivity index (χ1) is 12.5. The minimum Gasteiger partial charge on any atom is -0.385 e. The van der Waals surface area contributed by atoms with Gasteiger partial charge in [0.05, 0.1) is 6.04 Å². The number of amides is 2. The third-order valence-electron chi connectivity index (χ3n) is 5.58. The van der Waals surface area contributed by atoms with E-state index in [0.29, 0.717) is 31.4 Å². The summed E-state index contributed by atoms with van der Waals surface area (Å²) < 4.78 is 5.06. The monoisotopic (exact) mass is 367 g/mol. The first-order valence-corrected chi connectivity index (χ1v) is 10.3. The van der Waals surface area contributed by atoms with Gasteiger partial charge in [0.2, 0.25) is 11.8 Å². The topological polar surface area (TPSA) is 61.9 Å². The molecule has 1 saturated carbocycles. The molecule has 0 aromatic rings. The highest BCUT2D eigenvalue weighted by atomic mass is 16.5. The Balaban J connectivity index is 1.90. The van der Waals surface area contributed by atoms with E-state index in [1.807, 2.05) is 4.90 Å². The second-order valence-corrected chi connectivity index (χ2v) is 8.14. The third-order valence-corrected chi connectivity index (χ3v) is 5.58. The summed E-state index contributed by atoms with van der Waals surface area (Å²) in [5, 5.41) is 3.11. The molecule has 1 aliphatic heterocycles. The molecule has 150 valence electrons. The smallest absolute Gasteiger partial charge is 0.237 e. The zero-order valence-corrected chi connectivity index (χ0v) is 16.8. The van der Waals surface area contributed by atoms with Crippen LogP contribution in [0.3, 0.4) is 0 Å². The van der Waals surface area contributed by atoms with Crippen LogP contribution >= 0.6 is 0 Å². The first-order valence-electron chi connectivity index (χ1n) is 10.3. The standard InChI is InChI=1S/C20H37N3O3/c1-16(2)15-18(24)22-10-12-23(13-11-22)19(17-7-4-5-8-17)20(25)21-9-6-14-26-3/h16-17,19H,4-15H2,1-3H3,(H,21,25)/t19-/m1/s1. The number of carbonyl (C=O) groups is 2. The summed E-state index contributed by atoms with van der Waals surface area (Å²) in [5.41, 5.74) is 0. The zero-order chi connectivity index (χ0) is 18.9. The van der Waals surface area contributed by atoms with Gasteiger partial charge in [-0.25, -0.2) is 0 Å². The number of ether oxygens (including phenoxy) is 1. The molecule has 0 unspecified atom stereocenters. The number of piperazine rings is 1. The van der Waals surface area contributed by atoms with Crippen LogP contribution in [0, 0.1) is 11.8 Å². The maximum absolute atomic E-state index is 12.9. The molecule has 2 fully saturated rings. The van der Waals surface area contributed by atoms with Crippen molar-refractivity contribution >= 4 is 11.8 Å². The van der Waals surface area contributed by atoms with Gasteiger partial charge >= 0.3 is 0 Å². The number of hydrogen-bond acceptors (Lipinski definition) is 4. The molecule has 0 spiro atoms. The van der Waals surface area contributed by atoms with Crippen molar-refractivity contribution in [2.75, 3.05) is 46.4 Å². The predicted molar refractivity (Wildman–Crippen MR) is 103 cm³/mol. The second kappa shape index (κ2) is 10.9. The van der Waals surface area contributed by atoms with Crippen molar-refractivity contribution < 1.29 is 14.3 Å². The second-order valence-electron chi connectivity index (χ2n) is 8.14. The highest BCUT2D eigenvalue weighted by molar-refractivity contribution is 5.82. The summed E-state index contributed by atoms with van der Waals surface area (Å²) in [6.07, 6.45) is 6.20. The normalized spacial score (nSPS) is 20.5. The third kappa shape index (κ3) is 6.23. The minimum absolute atomic E-state index is 0.0394. The van der Waals surface area contributed by atoms with Crippen molar-refractivity contribution in [1.82, 2.24) is 15.1 Å². The molecule has 0 radical (unpaired) electrons. The Hall–Kier alpha value is -1.14. The Morgan fingerprint density at radius 2 is 1.77 bits per heavy atom. The van der Waals surface area contributed by atoms with E-state index in [1.165, 1.54) is 12.8 Å². The average Bonchev–Trinajstić information content (AvgIpc) is 3.13. The Bertz CT molecular complexity index is 442. The molecular weight excluding hydrogens is 330 g/mol. The van der Waals surface area contributed by atoms with Crippen LogP contribution in [-0.2, 0) is 14.3 Å². The summed E-state index contributed by atoms with van der Waals surface area (Å²) in [5.74, 6) is 1.26. The van der Waals surface area contributed by atoms with E-state index in [1.54, 1.807) is 7.11 Å². The molecule has 26 heavy (non-hydrogen) atoms. The van der Waals surface area contributed by atoms with E-state index >= 15 is 0 Å². The van der Waals surface area contributed by atoms with Gasteiger partial charge in [-0.2, -0.15) is 0 Å². The summed E-state index contributed by atoms with van der Waals surface area (Å²) in [4.78, 5) is 29.5. The molecule has 1 N–H and O–H groups in total. The molecule has 2 amide bonds. The van der Waals surface area contributed by atoms with Crippen molar-refractivity contribution in [1.29, 1.82) is 0 Å². The molecule has 0 aromatic heterocycles. The van der Waals surface area contributed by atoms with Crippen LogP contribution in [0.25, 0.3) is 0 Å². The van der Waals surface area contributed by atoms with Gasteiger partial charge in [-0.15, -0.1) is 0 Å². The summed E-state index contributed by atoms with van der Waals surface area (Å²) in [6.45, 7) is 8.59. The van der Waals surface area contributed by atoms with E-state index in [2.05, 4.69) is 24.1 Å². The lowest BCUT2D eigenvalue weighted by atomic mass is 9.95. The van der Waals surface area contributed by atoms with Crippen molar-refractivity contribution in [2.45, 2.75) is 58.4 Å². The van der Waals surface area contributed by atoms with Gasteiger partial charge in [-0.3, -0.25) is 14.5 Å². The van der Waals surface area contributed by atoms with Gasteiger partial charge in [0.15, 0.2) is 0 Å². The first kappa shape index (κ1) is 21.2. The number of nitrogens with one attached hydrogen (secondary N) is 1. The van der Waals surface area contributed by atoms with Crippen LogP contribution in [-0.4, -0.2) is 74.1 Å². The number of carbonyl (C=O) groups excluding carboxylic acids is 2. The number of hydrogen-bond donors (Lipinski definition) is 1. The van der Waals surface area contributed by atoms with Gasteiger partial charge in [0.1, 0.15) is 0 Å². The zero-order valence-electron chi connectivity index (χ0n) is 16.8. The van der Waals surface area contributed by atoms with E-state index in [-0.39, 0.29) is 17.9 Å². The van der Waals surface area contributed by atoms with E-state index in [9.17, 15) is 9.59 Å². The molecule has 1 aliphatic carbocycles.